The summed E-state index contributed by atoms with van der Waals surface area (Å²) in [4.78, 5) is 12.0. The Labute approximate surface area is 127 Å². The van der Waals surface area contributed by atoms with Crippen molar-refractivity contribution in [2.24, 2.45) is 5.92 Å². The van der Waals surface area contributed by atoms with E-state index >= 15 is 0 Å². The van der Waals surface area contributed by atoms with Crippen molar-refractivity contribution in [2.75, 3.05) is 19.8 Å². The van der Waals surface area contributed by atoms with Crippen LogP contribution in [-0.4, -0.2) is 30.8 Å². The minimum atomic E-state index is -1.43. The van der Waals surface area contributed by atoms with Gasteiger partial charge in [-0.25, -0.2) is 4.39 Å². The first-order valence-electron chi connectivity index (χ1n) is 7.25. The van der Waals surface area contributed by atoms with E-state index in [1.807, 2.05) is 6.07 Å². The fraction of sp³-hybridized carbons (Fsp3) is 0.375. The van der Waals surface area contributed by atoms with Gasteiger partial charge < -0.3 is 14.6 Å². The Morgan fingerprint density at radius 3 is 2.95 bits per heavy atom. The Balaban J connectivity index is 1.61. The Bertz CT molecular complexity index is 623. The second kappa shape index (κ2) is 6.70. The lowest BCUT2D eigenvalue weighted by Crippen LogP contribution is -2.29. The maximum absolute atomic E-state index is 14.3. The molecule has 1 aromatic carbocycles. The third-order valence-corrected chi connectivity index (χ3v) is 3.68. The van der Waals surface area contributed by atoms with Gasteiger partial charge in [0.1, 0.15) is 0 Å². The monoisotopic (exact) mass is 304 g/mol. The molecule has 1 saturated heterocycles. The van der Waals surface area contributed by atoms with Crippen LogP contribution in [0.2, 0.25) is 0 Å². The number of hydrogen-bond donors (Lipinski definition) is 1. The highest BCUT2D eigenvalue weighted by atomic mass is 19.1. The number of carbonyl (C=O) groups is 1. The van der Waals surface area contributed by atoms with E-state index in [-0.39, 0.29) is 17.4 Å². The van der Waals surface area contributed by atoms with Crippen LogP contribution in [0.25, 0.3) is 0 Å². The second-order valence-electron chi connectivity index (χ2n) is 5.33. The van der Waals surface area contributed by atoms with Crippen molar-refractivity contribution >= 4 is 5.91 Å². The van der Waals surface area contributed by atoms with Crippen molar-refractivity contribution in [3.8, 4) is 0 Å². The van der Waals surface area contributed by atoms with E-state index in [0.717, 1.165) is 13.0 Å². The van der Waals surface area contributed by atoms with Crippen LogP contribution in [-0.2, 0) is 4.74 Å². The molecule has 1 aliphatic rings. The second-order valence-corrected chi connectivity index (χ2v) is 5.33. The fourth-order valence-electron chi connectivity index (χ4n) is 2.37. The Morgan fingerprint density at radius 2 is 2.23 bits per heavy atom. The molecular formula is C16H17FN2O3. The molecule has 2 atom stereocenters. The molecule has 5 nitrogen and oxygen atoms in total. The molecule has 0 saturated carbocycles. The van der Waals surface area contributed by atoms with Gasteiger partial charge in [0.2, 0.25) is 0 Å². The van der Waals surface area contributed by atoms with Gasteiger partial charge in [-0.3, -0.25) is 4.79 Å². The molecule has 0 bridgehead atoms. The summed E-state index contributed by atoms with van der Waals surface area (Å²) in [6, 6.07) is 9.96. The maximum Gasteiger partial charge on any atom is 0.273 e. The first-order valence-corrected chi connectivity index (χ1v) is 7.25. The first kappa shape index (κ1) is 14.7. The largest absolute Gasteiger partial charge is 0.381 e. The van der Waals surface area contributed by atoms with Crippen LogP contribution in [0.4, 0.5) is 4.39 Å². The van der Waals surface area contributed by atoms with Crippen LogP contribution in [0, 0.1) is 5.92 Å². The average molecular weight is 304 g/mol. The molecule has 0 aliphatic carbocycles. The summed E-state index contributed by atoms with van der Waals surface area (Å²) in [6.07, 6.45) is -0.497. The van der Waals surface area contributed by atoms with Gasteiger partial charge >= 0.3 is 0 Å². The maximum atomic E-state index is 14.3. The molecule has 0 spiro atoms. The number of nitrogens with zero attached hydrogens (tertiary/aromatic N) is 1. The summed E-state index contributed by atoms with van der Waals surface area (Å²) < 4.78 is 24.5. The van der Waals surface area contributed by atoms with Crippen molar-refractivity contribution in [1.82, 2.24) is 10.5 Å². The van der Waals surface area contributed by atoms with Gasteiger partial charge in [-0.15, -0.1) is 0 Å². The SMILES string of the molecule is O=C(NCC1CCOC1)c1cc(C(F)c2ccccc2)on1. The van der Waals surface area contributed by atoms with Gasteiger partial charge in [0, 0.05) is 25.1 Å². The number of halogens is 1. The zero-order valence-electron chi connectivity index (χ0n) is 12.0. The van der Waals surface area contributed by atoms with Crippen LogP contribution in [0.3, 0.4) is 0 Å². The van der Waals surface area contributed by atoms with Crippen molar-refractivity contribution in [3.63, 3.8) is 0 Å². The lowest BCUT2D eigenvalue weighted by atomic mass is 10.1. The van der Waals surface area contributed by atoms with Crippen LogP contribution in [0.15, 0.2) is 40.9 Å². The number of amides is 1. The summed E-state index contributed by atoms with van der Waals surface area (Å²) in [7, 11) is 0. The number of rotatable bonds is 5. The summed E-state index contributed by atoms with van der Waals surface area (Å²) in [5, 5.41) is 6.42. The van der Waals surface area contributed by atoms with Gasteiger partial charge in [0.15, 0.2) is 17.6 Å². The van der Waals surface area contributed by atoms with Gasteiger partial charge in [-0.05, 0) is 12.0 Å². The summed E-state index contributed by atoms with van der Waals surface area (Å²) in [5.74, 6) is -0.00345. The number of carbonyl (C=O) groups excluding carboxylic acids is 1. The normalized spacial score (nSPS) is 19.0. The molecule has 1 amide bonds. The molecule has 1 aliphatic heterocycles. The van der Waals surface area contributed by atoms with E-state index in [2.05, 4.69) is 10.5 Å². The van der Waals surface area contributed by atoms with Crippen LogP contribution >= 0.6 is 0 Å². The zero-order chi connectivity index (χ0) is 15.4. The third kappa shape index (κ3) is 3.33. The Hall–Kier alpha value is -2.21. The standard InChI is InChI=1S/C16H17FN2O3/c17-15(12-4-2-1-3-5-12)14-8-13(19-22-14)16(20)18-9-11-6-7-21-10-11/h1-5,8,11,15H,6-7,9-10H2,(H,18,20). The van der Waals surface area contributed by atoms with Crippen molar-refractivity contribution in [3.05, 3.63) is 53.4 Å². The van der Waals surface area contributed by atoms with Crippen molar-refractivity contribution in [2.45, 2.75) is 12.6 Å². The Morgan fingerprint density at radius 1 is 1.41 bits per heavy atom. The average Bonchev–Trinajstić information content (AvgIpc) is 3.24. The van der Waals surface area contributed by atoms with Crippen molar-refractivity contribution < 1.29 is 18.4 Å². The molecule has 1 aromatic heterocycles. The van der Waals surface area contributed by atoms with Crippen LogP contribution in [0.5, 0.6) is 0 Å². The van der Waals surface area contributed by atoms with E-state index in [0.29, 0.717) is 24.6 Å². The highest BCUT2D eigenvalue weighted by Crippen LogP contribution is 2.26. The highest BCUT2D eigenvalue weighted by molar-refractivity contribution is 5.92. The molecule has 0 radical (unpaired) electrons. The minimum Gasteiger partial charge on any atom is -0.381 e. The van der Waals surface area contributed by atoms with Crippen LogP contribution < -0.4 is 5.32 Å². The van der Waals surface area contributed by atoms with E-state index in [1.54, 1.807) is 24.3 Å². The first-order chi connectivity index (χ1) is 10.7. The third-order valence-electron chi connectivity index (χ3n) is 3.68. The molecule has 3 rings (SSSR count). The van der Waals surface area contributed by atoms with E-state index in [9.17, 15) is 9.18 Å². The summed E-state index contributed by atoms with van der Waals surface area (Å²) in [5.41, 5.74) is 0.557. The van der Waals surface area contributed by atoms with Gasteiger partial charge in [0.25, 0.3) is 5.91 Å². The number of ether oxygens (including phenoxy) is 1. The van der Waals surface area contributed by atoms with Gasteiger partial charge in [0.05, 0.1) is 6.61 Å². The molecule has 2 unspecified atom stereocenters. The number of nitrogens with one attached hydrogen (secondary N) is 1. The van der Waals surface area contributed by atoms with Crippen LogP contribution in [0.1, 0.15) is 34.4 Å². The predicted molar refractivity (Wildman–Crippen MR) is 77.2 cm³/mol. The lowest BCUT2D eigenvalue weighted by Gasteiger charge is -2.07. The van der Waals surface area contributed by atoms with Gasteiger partial charge in [-0.1, -0.05) is 35.5 Å². The topological polar surface area (TPSA) is 64.4 Å². The summed E-state index contributed by atoms with van der Waals surface area (Å²) >= 11 is 0. The molecular weight excluding hydrogens is 287 g/mol. The quantitative estimate of drug-likeness (QED) is 0.922. The zero-order valence-corrected chi connectivity index (χ0v) is 12.0. The lowest BCUT2D eigenvalue weighted by molar-refractivity contribution is 0.0935. The molecule has 2 aromatic rings. The van der Waals surface area contributed by atoms with Gasteiger partial charge in [-0.2, -0.15) is 0 Å². The molecule has 116 valence electrons. The Kier molecular flexibility index (Phi) is 4.48. The fourth-order valence-corrected chi connectivity index (χ4v) is 2.37. The molecule has 2 heterocycles. The van der Waals surface area contributed by atoms with E-state index in [1.165, 1.54) is 6.07 Å². The van der Waals surface area contributed by atoms with E-state index < -0.39 is 6.17 Å². The predicted octanol–water partition coefficient (Wildman–Crippen LogP) is 2.50. The summed E-state index contributed by atoms with van der Waals surface area (Å²) in [6.45, 7) is 1.92. The number of benzene rings is 1. The molecule has 1 fully saturated rings. The number of aromatic nitrogens is 1. The molecule has 1 N–H and O–H groups in total. The molecule has 22 heavy (non-hydrogen) atoms. The number of alkyl halides is 1. The number of hydrogen-bond acceptors (Lipinski definition) is 4. The highest BCUT2D eigenvalue weighted by Gasteiger charge is 2.22. The van der Waals surface area contributed by atoms with Crippen molar-refractivity contribution in [1.29, 1.82) is 0 Å². The smallest absolute Gasteiger partial charge is 0.273 e. The minimum absolute atomic E-state index is 0.0283. The van der Waals surface area contributed by atoms with E-state index in [4.69, 9.17) is 9.26 Å². The molecule has 6 heteroatoms.